The molecule has 1 saturated heterocycles. The first kappa shape index (κ1) is 9.88. The third-order valence-electron chi connectivity index (χ3n) is 2.14. The van der Waals surface area contributed by atoms with Crippen LogP contribution in [-0.2, 0) is 4.74 Å². The van der Waals surface area contributed by atoms with E-state index in [4.69, 9.17) is 4.74 Å². The van der Waals surface area contributed by atoms with Crippen molar-refractivity contribution in [3.05, 3.63) is 0 Å². The van der Waals surface area contributed by atoms with Crippen LogP contribution in [0.2, 0.25) is 0 Å². The van der Waals surface area contributed by atoms with E-state index in [-0.39, 0.29) is 0 Å². The molecule has 0 bridgehead atoms. The van der Waals surface area contributed by atoms with E-state index < -0.39 is 30.6 Å². The van der Waals surface area contributed by atoms with E-state index in [0.29, 0.717) is 0 Å². The molecule has 5 atom stereocenters. The summed E-state index contributed by atoms with van der Waals surface area (Å²) < 4.78 is 5.16. The van der Waals surface area contributed by atoms with Crippen LogP contribution >= 0.6 is 0 Å². The van der Waals surface area contributed by atoms with Gasteiger partial charge in [-0.25, -0.2) is 0 Å². The summed E-state index contributed by atoms with van der Waals surface area (Å²) in [5.74, 6) is 0. The first-order valence-corrected chi connectivity index (χ1v) is 3.95. The van der Waals surface area contributed by atoms with Gasteiger partial charge in [0.05, 0.1) is 6.10 Å². The van der Waals surface area contributed by atoms with Crippen molar-refractivity contribution in [1.82, 2.24) is 5.32 Å². The van der Waals surface area contributed by atoms with Crippen molar-refractivity contribution < 1.29 is 20.1 Å². The van der Waals surface area contributed by atoms with Gasteiger partial charge in [0.1, 0.15) is 24.5 Å². The molecule has 12 heavy (non-hydrogen) atoms. The molecule has 0 saturated carbocycles. The number of ether oxygens (including phenoxy) is 1. The zero-order chi connectivity index (χ0) is 9.30. The number of nitrogens with one attached hydrogen (secondary N) is 1. The molecule has 0 radical (unpaired) electrons. The summed E-state index contributed by atoms with van der Waals surface area (Å²) in [5, 5.41) is 30.6. The molecule has 1 aliphatic heterocycles. The molecule has 1 unspecified atom stereocenters. The van der Waals surface area contributed by atoms with Crippen LogP contribution in [0.1, 0.15) is 6.92 Å². The van der Waals surface area contributed by atoms with Crippen LogP contribution in [0.25, 0.3) is 0 Å². The van der Waals surface area contributed by atoms with E-state index in [2.05, 4.69) is 5.32 Å². The molecule has 0 aromatic rings. The summed E-state index contributed by atoms with van der Waals surface area (Å²) in [7, 11) is 1.62. The van der Waals surface area contributed by atoms with Gasteiger partial charge in [-0.2, -0.15) is 0 Å². The first-order chi connectivity index (χ1) is 5.57. The quantitative estimate of drug-likeness (QED) is 0.373. The predicted octanol–water partition coefficient (Wildman–Crippen LogP) is -1.97. The van der Waals surface area contributed by atoms with Crippen LogP contribution in [0.4, 0.5) is 0 Å². The van der Waals surface area contributed by atoms with E-state index in [1.807, 2.05) is 0 Å². The standard InChI is InChI=1S/C7H15NO4/c1-3-4(9)5(10)6(11)7(8-2)12-3/h3-11H,1-2H3/t3-,4-,5+,6+,7?/m0/s1. The Hall–Kier alpha value is -0.200. The van der Waals surface area contributed by atoms with E-state index >= 15 is 0 Å². The van der Waals surface area contributed by atoms with Crippen molar-refractivity contribution >= 4 is 0 Å². The van der Waals surface area contributed by atoms with E-state index in [9.17, 15) is 15.3 Å². The van der Waals surface area contributed by atoms with Crippen LogP contribution in [0.15, 0.2) is 0 Å². The third-order valence-corrected chi connectivity index (χ3v) is 2.14. The fraction of sp³-hybridized carbons (Fsp3) is 1.00. The summed E-state index contributed by atoms with van der Waals surface area (Å²) >= 11 is 0. The van der Waals surface area contributed by atoms with Crippen LogP contribution in [0.5, 0.6) is 0 Å². The largest absolute Gasteiger partial charge is 0.388 e. The van der Waals surface area contributed by atoms with Crippen molar-refractivity contribution in [3.8, 4) is 0 Å². The number of aliphatic hydroxyl groups is 3. The fourth-order valence-corrected chi connectivity index (χ4v) is 1.29. The minimum Gasteiger partial charge on any atom is -0.388 e. The lowest BCUT2D eigenvalue weighted by atomic mass is 9.99. The summed E-state index contributed by atoms with van der Waals surface area (Å²) in [6.07, 6.45) is -4.34. The zero-order valence-electron chi connectivity index (χ0n) is 7.14. The number of likely N-dealkylation sites (N-methyl/N-ethyl adjacent to an activating group) is 1. The van der Waals surface area contributed by atoms with E-state index in [0.717, 1.165) is 0 Å². The van der Waals surface area contributed by atoms with Gasteiger partial charge in [-0.1, -0.05) is 0 Å². The Morgan fingerprint density at radius 1 is 1.08 bits per heavy atom. The molecule has 1 rings (SSSR count). The molecule has 5 nitrogen and oxygen atoms in total. The van der Waals surface area contributed by atoms with E-state index in [1.165, 1.54) is 0 Å². The maximum Gasteiger partial charge on any atom is 0.137 e. The molecular formula is C7H15NO4. The topological polar surface area (TPSA) is 82.0 Å². The monoisotopic (exact) mass is 177 g/mol. The van der Waals surface area contributed by atoms with Gasteiger partial charge in [-0.05, 0) is 14.0 Å². The third kappa shape index (κ3) is 1.60. The van der Waals surface area contributed by atoms with Gasteiger partial charge in [0.15, 0.2) is 0 Å². The highest BCUT2D eigenvalue weighted by molar-refractivity contribution is 4.88. The number of hydrogen-bond acceptors (Lipinski definition) is 5. The Morgan fingerprint density at radius 2 is 1.67 bits per heavy atom. The average molecular weight is 177 g/mol. The second kappa shape index (κ2) is 3.68. The summed E-state index contributed by atoms with van der Waals surface area (Å²) in [5.41, 5.74) is 0. The summed E-state index contributed by atoms with van der Waals surface area (Å²) in [6, 6.07) is 0. The van der Waals surface area contributed by atoms with Crippen molar-refractivity contribution in [2.75, 3.05) is 7.05 Å². The van der Waals surface area contributed by atoms with Gasteiger partial charge in [-0.15, -0.1) is 0 Å². The lowest BCUT2D eigenvalue weighted by molar-refractivity contribution is -0.223. The molecule has 1 heterocycles. The summed E-state index contributed by atoms with van der Waals surface area (Å²) in [6.45, 7) is 1.64. The minimum atomic E-state index is -1.15. The molecule has 1 aliphatic rings. The SMILES string of the molecule is CNC1O[C@@H](C)[C@H](O)[C@@H](O)[C@H]1O. The molecule has 0 aromatic heterocycles. The van der Waals surface area contributed by atoms with Gasteiger partial charge in [0, 0.05) is 0 Å². The van der Waals surface area contributed by atoms with Gasteiger partial charge in [-0.3, -0.25) is 5.32 Å². The number of rotatable bonds is 1. The molecule has 5 heteroatoms. The maximum atomic E-state index is 9.33. The lowest BCUT2D eigenvalue weighted by Gasteiger charge is -2.39. The second-order valence-corrected chi connectivity index (χ2v) is 3.02. The smallest absolute Gasteiger partial charge is 0.137 e. The molecular weight excluding hydrogens is 162 g/mol. The van der Waals surface area contributed by atoms with Crippen LogP contribution in [-0.4, -0.2) is 53.0 Å². The van der Waals surface area contributed by atoms with Gasteiger partial charge in [0.25, 0.3) is 0 Å². The molecule has 0 aromatic carbocycles. The van der Waals surface area contributed by atoms with Crippen molar-refractivity contribution in [2.45, 2.75) is 37.6 Å². The molecule has 0 aliphatic carbocycles. The molecule has 0 spiro atoms. The molecule has 0 amide bonds. The lowest BCUT2D eigenvalue weighted by Crippen LogP contribution is -2.60. The van der Waals surface area contributed by atoms with Crippen LogP contribution < -0.4 is 5.32 Å². The van der Waals surface area contributed by atoms with Crippen molar-refractivity contribution in [2.24, 2.45) is 0 Å². The van der Waals surface area contributed by atoms with Gasteiger partial charge in [0.2, 0.25) is 0 Å². The Kier molecular flexibility index (Phi) is 3.03. The predicted molar refractivity (Wildman–Crippen MR) is 41.4 cm³/mol. The average Bonchev–Trinajstić information content (AvgIpc) is 2.08. The Labute approximate surface area is 71.0 Å². The highest BCUT2D eigenvalue weighted by Gasteiger charge is 2.40. The zero-order valence-corrected chi connectivity index (χ0v) is 7.14. The van der Waals surface area contributed by atoms with Crippen molar-refractivity contribution in [1.29, 1.82) is 0 Å². The normalized spacial score (nSPS) is 49.2. The second-order valence-electron chi connectivity index (χ2n) is 3.02. The number of aliphatic hydroxyl groups excluding tert-OH is 3. The van der Waals surface area contributed by atoms with Gasteiger partial charge >= 0.3 is 0 Å². The molecule has 4 N–H and O–H groups in total. The fourth-order valence-electron chi connectivity index (χ4n) is 1.29. The van der Waals surface area contributed by atoms with Crippen molar-refractivity contribution in [3.63, 3.8) is 0 Å². The Balaban J connectivity index is 2.63. The maximum absolute atomic E-state index is 9.33. The first-order valence-electron chi connectivity index (χ1n) is 3.95. The number of hydrogen-bond donors (Lipinski definition) is 4. The summed E-state index contributed by atoms with van der Waals surface area (Å²) in [4.78, 5) is 0. The van der Waals surface area contributed by atoms with E-state index in [1.54, 1.807) is 14.0 Å². The highest BCUT2D eigenvalue weighted by Crippen LogP contribution is 2.18. The highest BCUT2D eigenvalue weighted by atomic mass is 16.5. The Morgan fingerprint density at radius 3 is 2.17 bits per heavy atom. The van der Waals surface area contributed by atoms with Crippen LogP contribution in [0.3, 0.4) is 0 Å². The minimum absolute atomic E-state index is 0.471. The van der Waals surface area contributed by atoms with Crippen LogP contribution in [0, 0.1) is 0 Å². The molecule has 1 fully saturated rings. The van der Waals surface area contributed by atoms with Gasteiger partial charge < -0.3 is 20.1 Å². The molecule has 72 valence electrons. The Bertz CT molecular complexity index is 150.